The first-order chi connectivity index (χ1) is 9.61. The highest BCUT2D eigenvalue weighted by Crippen LogP contribution is 2.22. The van der Waals surface area contributed by atoms with Crippen LogP contribution in [0.1, 0.15) is 29.3 Å². The average Bonchev–Trinajstić information content (AvgIpc) is 2.44. The highest BCUT2D eigenvalue weighted by atomic mass is 127. The summed E-state index contributed by atoms with van der Waals surface area (Å²) in [6, 6.07) is 13.7. The Bertz CT molecular complexity index is 628. The Morgan fingerprint density at radius 3 is 2.75 bits per heavy atom. The predicted octanol–water partition coefficient (Wildman–Crippen LogP) is 5.26. The average molecular weight is 444 g/mol. The Kier molecular flexibility index (Phi) is 5.60. The zero-order chi connectivity index (χ0) is 14.5. The lowest BCUT2D eigenvalue weighted by atomic mass is 10.1. The van der Waals surface area contributed by atoms with E-state index in [0.717, 1.165) is 26.6 Å². The Balaban J connectivity index is 2.26. The van der Waals surface area contributed by atoms with Crippen LogP contribution >= 0.6 is 38.5 Å². The molecule has 2 rings (SSSR count). The van der Waals surface area contributed by atoms with Gasteiger partial charge in [-0.3, -0.25) is 4.79 Å². The SMILES string of the molecule is CCCc1ccccc1NC(=O)c1cc(I)ccc1Br. The number of carbonyl (C=O) groups is 1. The van der Waals surface area contributed by atoms with Crippen molar-refractivity contribution in [1.82, 2.24) is 0 Å². The van der Waals surface area contributed by atoms with E-state index in [1.165, 1.54) is 5.56 Å². The Labute approximate surface area is 141 Å². The van der Waals surface area contributed by atoms with Crippen molar-refractivity contribution < 1.29 is 4.79 Å². The summed E-state index contributed by atoms with van der Waals surface area (Å²) < 4.78 is 1.85. The summed E-state index contributed by atoms with van der Waals surface area (Å²) >= 11 is 5.64. The second-order valence-corrected chi connectivity index (χ2v) is 6.59. The molecule has 104 valence electrons. The molecule has 0 aliphatic rings. The van der Waals surface area contributed by atoms with Gasteiger partial charge in [0.15, 0.2) is 0 Å². The number of anilines is 1. The molecule has 0 unspecified atom stereocenters. The second kappa shape index (κ2) is 7.22. The van der Waals surface area contributed by atoms with Crippen LogP contribution in [-0.2, 0) is 6.42 Å². The highest BCUT2D eigenvalue weighted by Gasteiger charge is 2.12. The number of benzene rings is 2. The quantitative estimate of drug-likeness (QED) is 0.641. The summed E-state index contributed by atoms with van der Waals surface area (Å²) in [5, 5.41) is 3.01. The molecular formula is C16H15BrINO. The van der Waals surface area contributed by atoms with Crippen molar-refractivity contribution in [1.29, 1.82) is 0 Å². The normalized spacial score (nSPS) is 10.3. The van der Waals surface area contributed by atoms with E-state index < -0.39 is 0 Å². The summed E-state index contributed by atoms with van der Waals surface area (Å²) in [4.78, 5) is 12.4. The van der Waals surface area contributed by atoms with Crippen LogP contribution in [0.5, 0.6) is 0 Å². The van der Waals surface area contributed by atoms with Crippen LogP contribution in [0, 0.1) is 3.57 Å². The van der Waals surface area contributed by atoms with Gasteiger partial charge in [0.05, 0.1) is 5.56 Å². The van der Waals surface area contributed by atoms with Crippen LogP contribution < -0.4 is 5.32 Å². The van der Waals surface area contributed by atoms with Crippen LogP contribution in [0.15, 0.2) is 46.9 Å². The van der Waals surface area contributed by atoms with Crippen LogP contribution in [0.25, 0.3) is 0 Å². The number of amides is 1. The van der Waals surface area contributed by atoms with E-state index in [-0.39, 0.29) is 5.91 Å². The molecular weight excluding hydrogens is 429 g/mol. The lowest BCUT2D eigenvalue weighted by Crippen LogP contribution is -2.14. The minimum atomic E-state index is -0.0843. The number of carbonyl (C=O) groups excluding carboxylic acids is 1. The number of nitrogens with one attached hydrogen (secondary N) is 1. The van der Waals surface area contributed by atoms with Gasteiger partial charge in [0.2, 0.25) is 0 Å². The van der Waals surface area contributed by atoms with Gasteiger partial charge in [-0.05, 0) is 74.8 Å². The van der Waals surface area contributed by atoms with Crippen molar-refractivity contribution >= 4 is 50.1 Å². The Morgan fingerprint density at radius 2 is 2.00 bits per heavy atom. The molecule has 20 heavy (non-hydrogen) atoms. The van der Waals surface area contributed by atoms with Crippen molar-refractivity contribution in [3.05, 3.63) is 61.6 Å². The summed E-state index contributed by atoms with van der Waals surface area (Å²) in [5.74, 6) is -0.0843. The number of halogens is 2. The van der Waals surface area contributed by atoms with Crippen molar-refractivity contribution in [2.45, 2.75) is 19.8 Å². The molecule has 2 aromatic rings. The maximum Gasteiger partial charge on any atom is 0.256 e. The topological polar surface area (TPSA) is 29.1 Å². The molecule has 0 aliphatic heterocycles. The van der Waals surface area contributed by atoms with Gasteiger partial charge in [0.1, 0.15) is 0 Å². The first kappa shape index (κ1) is 15.5. The molecule has 0 aromatic heterocycles. The van der Waals surface area contributed by atoms with Crippen molar-refractivity contribution in [2.75, 3.05) is 5.32 Å². The third kappa shape index (κ3) is 3.82. The smallest absolute Gasteiger partial charge is 0.256 e. The van der Waals surface area contributed by atoms with Gasteiger partial charge in [-0.25, -0.2) is 0 Å². The maximum atomic E-state index is 12.4. The number of para-hydroxylation sites is 1. The Morgan fingerprint density at radius 1 is 1.25 bits per heavy atom. The van der Waals surface area contributed by atoms with E-state index in [0.29, 0.717) is 5.56 Å². The van der Waals surface area contributed by atoms with Crippen molar-refractivity contribution in [3.8, 4) is 0 Å². The molecule has 2 nitrogen and oxygen atoms in total. The molecule has 0 saturated carbocycles. The number of hydrogen-bond donors (Lipinski definition) is 1. The van der Waals surface area contributed by atoms with Crippen molar-refractivity contribution in [3.63, 3.8) is 0 Å². The first-order valence-corrected chi connectivity index (χ1v) is 8.33. The monoisotopic (exact) mass is 443 g/mol. The third-order valence-corrected chi connectivity index (χ3v) is 4.32. The fourth-order valence-corrected chi connectivity index (χ4v) is 2.91. The zero-order valence-corrected chi connectivity index (χ0v) is 14.9. The minimum absolute atomic E-state index is 0.0843. The van der Waals surface area contributed by atoms with E-state index >= 15 is 0 Å². The molecule has 1 N–H and O–H groups in total. The lowest BCUT2D eigenvalue weighted by Gasteiger charge is -2.11. The molecule has 0 heterocycles. The predicted molar refractivity (Wildman–Crippen MR) is 95.2 cm³/mol. The van der Waals surface area contributed by atoms with E-state index in [9.17, 15) is 4.79 Å². The van der Waals surface area contributed by atoms with Gasteiger partial charge < -0.3 is 5.32 Å². The second-order valence-electron chi connectivity index (χ2n) is 4.49. The van der Waals surface area contributed by atoms with E-state index in [2.05, 4.69) is 56.8 Å². The molecule has 0 fully saturated rings. The standard InChI is InChI=1S/C16H15BrINO/c1-2-5-11-6-3-4-7-15(11)19-16(20)13-10-12(18)8-9-14(13)17/h3-4,6-10H,2,5H2,1H3,(H,19,20). The number of rotatable bonds is 4. The molecule has 4 heteroatoms. The molecule has 0 atom stereocenters. The van der Waals surface area contributed by atoms with Gasteiger partial charge in [-0.15, -0.1) is 0 Å². The molecule has 0 saturated heterocycles. The highest BCUT2D eigenvalue weighted by molar-refractivity contribution is 14.1. The van der Waals surface area contributed by atoms with E-state index in [1.807, 2.05) is 36.4 Å². The molecule has 0 spiro atoms. The van der Waals surface area contributed by atoms with E-state index in [4.69, 9.17) is 0 Å². The summed E-state index contributed by atoms with van der Waals surface area (Å²) in [5.41, 5.74) is 2.72. The third-order valence-electron chi connectivity index (χ3n) is 2.96. The molecule has 0 aliphatic carbocycles. The first-order valence-electron chi connectivity index (χ1n) is 6.46. The summed E-state index contributed by atoms with van der Waals surface area (Å²) in [6.45, 7) is 2.13. The van der Waals surface area contributed by atoms with Crippen LogP contribution in [0.4, 0.5) is 5.69 Å². The molecule has 2 aromatic carbocycles. The van der Waals surface area contributed by atoms with Crippen LogP contribution in [-0.4, -0.2) is 5.91 Å². The molecule has 1 amide bonds. The summed E-state index contributed by atoms with van der Waals surface area (Å²) in [6.07, 6.45) is 2.02. The van der Waals surface area contributed by atoms with Gasteiger partial charge in [-0.2, -0.15) is 0 Å². The number of hydrogen-bond acceptors (Lipinski definition) is 1. The van der Waals surface area contributed by atoms with Gasteiger partial charge in [0.25, 0.3) is 5.91 Å². The van der Waals surface area contributed by atoms with Gasteiger partial charge in [0, 0.05) is 13.7 Å². The van der Waals surface area contributed by atoms with Gasteiger partial charge in [-0.1, -0.05) is 31.5 Å². The Hall–Kier alpha value is -0.880. The summed E-state index contributed by atoms with van der Waals surface area (Å²) in [7, 11) is 0. The minimum Gasteiger partial charge on any atom is -0.322 e. The van der Waals surface area contributed by atoms with Gasteiger partial charge >= 0.3 is 0 Å². The zero-order valence-electron chi connectivity index (χ0n) is 11.1. The largest absolute Gasteiger partial charge is 0.322 e. The lowest BCUT2D eigenvalue weighted by molar-refractivity contribution is 0.102. The van der Waals surface area contributed by atoms with Crippen molar-refractivity contribution in [2.24, 2.45) is 0 Å². The number of aryl methyl sites for hydroxylation is 1. The molecule has 0 bridgehead atoms. The fraction of sp³-hybridized carbons (Fsp3) is 0.188. The maximum absolute atomic E-state index is 12.4. The van der Waals surface area contributed by atoms with Crippen LogP contribution in [0.2, 0.25) is 0 Å². The fourth-order valence-electron chi connectivity index (χ4n) is 1.99. The van der Waals surface area contributed by atoms with E-state index in [1.54, 1.807) is 0 Å². The molecule has 0 radical (unpaired) electrons. The van der Waals surface area contributed by atoms with Crippen LogP contribution in [0.3, 0.4) is 0 Å².